The van der Waals surface area contributed by atoms with Gasteiger partial charge in [0.05, 0.1) is 0 Å². The van der Waals surface area contributed by atoms with Crippen molar-refractivity contribution in [2.24, 2.45) is 0 Å². The molecule has 2 N–H and O–H groups in total. The fourth-order valence-corrected chi connectivity index (χ4v) is 1.56. The lowest BCUT2D eigenvalue weighted by Gasteiger charge is -2.05. The largest absolute Gasteiger partial charge is 0.488 e. The summed E-state index contributed by atoms with van der Waals surface area (Å²) in [4.78, 5) is 1.14. The van der Waals surface area contributed by atoms with Crippen LogP contribution in [-0.4, -0.2) is 23.4 Å². The topological polar surface area (TPSA) is 40.5 Å². The van der Waals surface area contributed by atoms with Gasteiger partial charge in [-0.15, -0.1) is 11.8 Å². The molecule has 0 unspecified atom stereocenters. The molecule has 0 saturated carbocycles. The summed E-state index contributed by atoms with van der Waals surface area (Å²) in [6.45, 7) is 1.87. The van der Waals surface area contributed by atoms with Crippen molar-refractivity contribution in [1.29, 1.82) is 0 Å². The van der Waals surface area contributed by atoms with Crippen molar-refractivity contribution >= 4 is 24.3 Å². The van der Waals surface area contributed by atoms with Crippen molar-refractivity contribution in [3.63, 3.8) is 0 Å². The molecule has 0 aliphatic rings. The Kier molecular flexibility index (Phi) is 3.20. The maximum absolute atomic E-state index is 8.92. The van der Waals surface area contributed by atoms with E-state index in [1.165, 1.54) is 0 Å². The summed E-state index contributed by atoms with van der Waals surface area (Å²) in [5.41, 5.74) is 1.49. The summed E-state index contributed by atoms with van der Waals surface area (Å²) in [6.07, 6.45) is 1.99. The normalized spacial score (nSPS) is 10.0. The van der Waals surface area contributed by atoms with Crippen LogP contribution in [0.2, 0.25) is 0 Å². The summed E-state index contributed by atoms with van der Waals surface area (Å²) < 4.78 is 0. The van der Waals surface area contributed by atoms with Gasteiger partial charge >= 0.3 is 7.12 Å². The monoisotopic (exact) mass is 182 g/mol. The first-order chi connectivity index (χ1) is 5.65. The maximum Gasteiger partial charge on any atom is 0.488 e. The van der Waals surface area contributed by atoms with Crippen LogP contribution in [-0.2, 0) is 0 Å². The predicted octanol–water partition coefficient (Wildman–Crippen LogP) is 0.397. The predicted molar refractivity (Wildman–Crippen MR) is 52.8 cm³/mol. The fraction of sp³-hybridized carbons (Fsp3) is 0.250. The molecular weight excluding hydrogens is 171 g/mol. The second kappa shape index (κ2) is 3.98. The summed E-state index contributed by atoms with van der Waals surface area (Å²) in [5, 5.41) is 17.8. The summed E-state index contributed by atoms with van der Waals surface area (Å²) >= 11 is 1.64. The zero-order chi connectivity index (χ0) is 9.14. The van der Waals surface area contributed by atoms with Crippen LogP contribution in [0.15, 0.2) is 23.1 Å². The van der Waals surface area contributed by atoms with Crippen molar-refractivity contribution in [3.8, 4) is 0 Å². The number of hydrogen-bond acceptors (Lipinski definition) is 3. The van der Waals surface area contributed by atoms with Crippen molar-refractivity contribution in [3.05, 3.63) is 23.8 Å². The molecular formula is C8H11BO2S. The van der Waals surface area contributed by atoms with E-state index in [1.54, 1.807) is 17.8 Å². The Labute approximate surface area is 76.8 Å². The molecule has 64 valence electrons. The van der Waals surface area contributed by atoms with Gasteiger partial charge in [0.2, 0.25) is 0 Å². The van der Waals surface area contributed by atoms with E-state index in [9.17, 15) is 0 Å². The van der Waals surface area contributed by atoms with Crippen molar-refractivity contribution in [1.82, 2.24) is 0 Å². The smallest absolute Gasteiger partial charge is 0.423 e. The van der Waals surface area contributed by atoms with Crippen LogP contribution in [0.4, 0.5) is 0 Å². The molecule has 1 aromatic carbocycles. The number of hydrogen-bond donors (Lipinski definition) is 2. The lowest BCUT2D eigenvalue weighted by Crippen LogP contribution is -2.31. The van der Waals surface area contributed by atoms with E-state index >= 15 is 0 Å². The van der Waals surface area contributed by atoms with Gasteiger partial charge in [0, 0.05) is 4.90 Å². The number of rotatable bonds is 2. The van der Waals surface area contributed by atoms with Gasteiger partial charge in [0.15, 0.2) is 0 Å². The molecule has 0 aliphatic carbocycles. The van der Waals surface area contributed by atoms with Crippen molar-refractivity contribution in [2.75, 3.05) is 6.26 Å². The lowest BCUT2D eigenvalue weighted by atomic mass is 9.77. The van der Waals surface area contributed by atoms with Crippen molar-refractivity contribution < 1.29 is 10.0 Å². The van der Waals surface area contributed by atoms with E-state index < -0.39 is 7.12 Å². The van der Waals surface area contributed by atoms with Gasteiger partial charge in [-0.1, -0.05) is 11.6 Å². The summed E-state index contributed by atoms with van der Waals surface area (Å²) in [6, 6.07) is 5.57. The third-order valence-electron chi connectivity index (χ3n) is 1.76. The van der Waals surface area contributed by atoms with Gasteiger partial charge in [-0.05, 0) is 30.8 Å². The van der Waals surface area contributed by atoms with Crippen LogP contribution < -0.4 is 5.46 Å². The van der Waals surface area contributed by atoms with E-state index in [0.29, 0.717) is 5.46 Å². The molecule has 0 fully saturated rings. The van der Waals surface area contributed by atoms with Crippen LogP contribution >= 0.6 is 11.8 Å². The molecule has 0 amide bonds. The Bertz CT molecular complexity index is 276. The highest BCUT2D eigenvalue weighted by Gasteiger charge is 2.13. The molecule has 0 radical (unpaired) electrons. The van der Waals surface area contributed by atoms with Gasteiger partial charge < -0.3 is 10.0 Å². The SMILES string of the molecule is CSc1ccc(B(O)O)c(C)c1. The Morgan fingerprint density at radius 2 is 2.00 bits per heavy atom. The highest BCUT2D eigenvalue weighted by molar-refractivity contribution is 7.98. The maximum atomic E-state index is 8.92. The highest BCUT2D eigenvalue weighted by atomic mass is 32.2. The molecule has 0 aliphatic heterocycles. The molecule has 0 spiro atoms. The van der Waals surface area contributed by atoms with Crippen LogP contribution in [0.25, 0.3) is 0 Å². The average molecular weight is 182 g/mol. The molecule has 0 heterocycles. The van der Waals surface area contributed by atoms with E-state index in [4.69, 9.17) is 10.0 Å². The van der Waals surface area contributed by atoms with Gasteiger partial charge in [0.1, 0.15) is 0 Å². The summed E-state index contributed by atoms with van der Waals surface area (Å²) in [5.74, 6) is 0. The van der Waals surface area contributed by atoms with E-state index in [0.717, 1.165) is 10.5 Å². The molecule has 4 heteroatoms. The van der Waals surface area contributed by atoms with E-state index in [1.807, 2.05) is 25.3 Å². The van der Waals surface area contributed by atoms with Gasteiger partial charge in [-0.25, -0.2) is 0 Å². The Balaban J connectivity index is 3.03. The van der Waals surface area contributed by atoms with Crippen molar-refractivity contribution in [2.45, 2.75) is 11.8 Å². The average Bonchev–Trinajstić information content (AvgIpc) is 2.03. The van der Waals surface area contributed by atoms with E-state index in [2.05, 4.69) is 0 Å². The van der Waals surface area contributed by atoms with Crippen LogP contribution in [0.1, 0.15) is 5.56 Å². The Hall–Kier alpha value is -0.445. The Morgan fingerprint density at radius 3 is 2.42 bits per heavy atom. The third kappa shape index (κ3) is 2.03. The number of benzene rings is 1. The minimum atomic E-state index is -1.36. The standard InChI is InChI=1S/C8H11BO2S/c1-6-5-7(12-2)3-4-8(6)9(10)11/h3-5,10-11H,1-2H3. The van der Waals surface area contributed by atoms with Gasteiger partial charge in [0.25, 0.3) is 0 Å². The highest BCUT2D eigenvalue weighted by Crippen LogP contribution is 2.14. The molecule has 1 rings (SSSR count). The minimum Gasteiger partial charge on any atom is -0.423 e. The summed E-state index contributed by atoms with van der Waals surface area (Å²) in [7, 11) is -1.36. The van der Waals surface area contributed by atoms with Crippen LogP contribution in [0, 0.1) is 6.92 Å². The quantitative estimate of drug-likeness (QED) is 0.513. The lowest BCUT2D eigenvalue weighted by molar-refractivity contribution is 0.425. The van der Waals surface area contributed by atoms with Gasteiger partial charge in [-0.3, -0.25) is 0 Å². The molecule has 0 saturated heterocycles. The molecule has 2 nitrogen and oxygen atoms in total. The van der Waals surface area contributed by atoms with Gasteiger partial charge in [-0.2, -0.15) is 0 Å². The Morgan fingerprint density at radius 1 is 1.33 bits per heavy atom. The minimum absolute atomic E-state index is 0.577. The van der Waals surface area contributed by atoms with Crippen LogP contribution in [0.5, 0.6) is 0 Å². The number of thioether (sulfide) groups is 1. The first kappa shape index (κ1) is 9.64. The first-order valence-electron chi connectivity index (χ1n) is 3.66. The molecule has 0 atom stereocenters. The second-order valence-corrected chi connectivity index (χ2v) is 3.48. The number of aryl methyl sites for hydroxylation is 1. The molecule has 12 heavy (non-hydrogen) atoms. The van der Waals surface area contributed by atoms with Crippen LogP contribution in [0.3, 0.4) is 0 Å². The zero-order valence-corrected chi connectivity index (χ0v) is 7.93. The van der Waals surface area contributed by atoms with E-state index in [-0.39, 0.29) is 0 Å². The first-order valence-corrected chi connectivity index (χ1v) is 4.88. The second-order valence-electron chi connectivity index (χ2n) is 2.60. The molecule has 0 bridgehead atoms. The molecule has 1 aromatic rings. The zero-order valence-electron chi connectivity index (χ0n) is 7.11. The fourth-order valence-electron chi connectivity index (χ4n) is 1.06. The third-order valence-corrected chi connectivity index (χ3v) is 2.48. The molecule has 0 aromatic heterocycles.